The Bertz CT molecular complexity index is 710. The Morgan fingerprint density at radius 3 is 3.08 bits per heavy atom. The first-order valence-corrected chi connectivity index (χ1v) is 9.32. The maximum atomic E-state index is 12.3. The molecule has 2 heterocycles. The monoisotopic (exact) mass is 344 g/mol. The summed E-state index contributed by atoms with van der Waals surface area (Å²) in [7, 11) is 0. The third-order valence-corrected chi connectivity index (χ3v) is 5.16. The van der Waals surface area contributed by atoms with Crippen LogP contribution in [0.3, 0.4) is 0 Å². The summed E-state index contributed by atoms with van der Waals surface area (Å²) < 4.78 is 5.56. The highest BCUT2D eigenvalue weighted by atomic mass is 16.3. The Kier molecular flexibility index (Phi) is 6.10. The Labute approximate surface area is 149 Å². The van der Waals surface area contributed by atoms with Gasteiger partial charge in [-0.3, -0.25) is 9.69 Å². The number of hydrogen-bond acceptors (Lipinski definition) is 4. The summed E-state index contributed by atoms with van der Waals surface area (Å²) in [4.78, 5) is 14.6. The van der Waals surface area contributed by atoms with Crippen LogP contribution in [0.15, 0.2) is 28.9 Å². The van der Waals surface area contributed by atoms with Crippen molar-refractivity contribution in [1.82, 2.24) is 10.2 Å². The van der Waals surface area contributed by atoms with Crippen LogP contribution in [-0.2, 0) is 17.6 Å². The molecule has 0 unspecified atom stereocenters. The van der Waals surface area contributed by atoms with E-state index in [9.17, 15) is 9.90 Å². The summed E-state index contributed by atoms with van der Waals surface area (Å²) in [6, 6.07) is 6.39. The lowest BCUT2D eigenvalue weighted by molar-refractivity contribution is -0.120. The molecule has 0 radical (unpaired) electrons. The molecule has 0 bridgehead atoms. The molecule has 0 saturated carbocycles. The van der Waals surface area contributed by atoms with Crippen molar-refractivity contribution in [3.63, 3.8) is 0 Å². The number of aliphatic hydroxyl groups excluding tert-OH is 1. The van der Waals surface area contributed by atoms with Gasteiger partial charge >= 0.3 is 0 Å². The van der Waals surface area contributed by atoms with Crippen molar-refractivity contribution in [2.45, 2.75) is 45.1 Å². The second kappa shape index (κ2) is 8.50. The Morgan fingerprint density at radius 2 is 2.28 bits per heavy atom. The predicted octanol–water partition coefficient (Wildman–Crippen LogP) is 2.50. The minimum Gasteiger partial charge on any atom is -0.464 e. The first-order valence-electron chi connectivity index (χ1n) is 9.32. The predicted molar refractivity (Wildman–Crippen MR) is 98.6 cm³/mol. The fraction of sp³-hybridized carbons (Fsp3) is 0.550. The average Bonchev–Trinajstić information content (AvgIpc) is 3.04. The number of aryl methyl sites for hydroxylation is 1. The van der Waals surface area contributed by atoms with E-state index in [4.69, 9.17) is 4.42 Å². The summed E-state index contributed by atoms with van der Waals surface area (Å²) in [6.45, 7) is 4.74. The molecule has 1 aliphatic rings. The van der Waals surface area contributed by atoms with Gasteiger partial charge in [0.15, 0.2) is 0 Å². The lowest BCUT2D eigenvalue weighted by Gasteiger charge is -2.34. The first-order chi connectivity index (χ1) is 12.2. The molecule has 5 heteroatoms. The van der Waals surface area contributed by atoms with Crippen molar-refractivity contribution < 1.29 is 14.3 Å². The van der Waals surface area contributed by atoms with E-state index in [2.05, 4.69) is 29.3 Å². The molecule has 5 nitrogen and oxygen atoms in total. The van der Waals surface area contributed by atoms with Gasteiger partial charge in [-0.15, -0.1) is 0 Å². The number of nitrogens with zero attached hydrogens (tertiary/aromatic N) is 1. The number of benzene rings is 1. The van der Waals surface area contributed by atoms with Crippen molar-refractivity contribution in [1.29, 1.82) is 0 Å². The van der Waals surface area contributed by atoms with Crippen LogP contribution < -0.4 is 5.32 Å². The van der Waals surface area contributed by atoms with Crippen molar-refractivity contribution in [3.05, 3.63) is 35.6 Å². The molecule has 1 aromatic carbocycles. The summed E-state index contributed by atoms with van der Waals surface area (Å²) >= 11 is 0. The van der Waals surface area contributed by atoms with Crippen LogP contribution in [0.25, 0.3) is 11.0 Å². The van der Waals surface area contributed by atoms with Gasteiger partial charge in [-0.2, -0.15) is 0 Å². The van der Waals surface area contributed by atoms with Gasteiger partial charge in [0, 0.05) is 30.1 Å². The van der Waals surface area contributed by atoms with E-state index in [1.54, 1.807) is 6.26 Å². The van der Waals surface area contributed by atoms with Crippen LogP contribution in [0, 0.1) is 0 Å². The highest BCUT2D eigenvalue weighted by Gasteiger charge is 2.21. The number of likely N-dealkylation sites (tertiary alicyclic amines) is 1. The SMILES string of the molecule is CCc1ccc2occ(CC(=O)NCCN3CCCC[C@@H]3CO)c2c1. The Hall–Kier alpha value is -1.85. The topological polar surface area (TPSA) is 65.7 Å². The van der Waals surface area contributed by atoms with Crippen LogP contribution in [0.2, 0.25) is 0 Å². The van der Waals surface area contributed by atoms with Gasteiger partial charge in [-0.25, -0.2) is 0 Å². The molecule has 2 N–H and O–H groups in total. The molecular weight excluding hydrogens is 316 g/mol. The van der Waals surface area contributed by atoms with Crippen molar-refractivity contribution in [3.8, 4) is 0 Å². The first kappa shape index (κ1) is 18.0. The Balaban J connectivity index is 1.52. The minimum absolute atomic E-state index is 0.0159. The van der Waals surface area contributed by atoms with Gasteiger partial charge < -0.3 is 14.8 Å². The van der Waals surface area contributed by atoms with Crippen LogP contribution in [0.1, 0.15) is 37.3 Å². The molecule has 1 atom stereocenters. The number of carbonyl (C=O) groups excluding carboxylic acids is 1. The average molecular weight is 344 g/mol. The number of aliphatic hydroxyl groups is 1. The normalized spacial score (nSPS) is 18.6. The summed E-state index contributed by atoms with van der Waals surface area (Å²) in [5.41, 5.74) is 3.02. The quantitative estimate of drug-likeness (QED) is 0.810. The molecule has 1 aromatic heterocycles. The Morgan fingerprint density at radius 1 is 1.40 bits per heavy atom. The standard InChI is InChI=1S/C20H28N2O3/c1-2-15-6-7-19-18(11-15)16(14-25-19)12-20(24)21-8-10-22-9-4-3-5-17(22)13-23/h6-7,11,14,17,23H,2-5,8-10,12-13H2,1H3,(H,21,24)/t17-/m1/s1. The van der Waals surface area contributed by atoms with E-state index in [1.165, 1.54) is 18.4 Å². The van der Waals surface area contributed by atoms with Crippen LogP contribution >= 0.6 is 0 Å². The van der Waals surface area contributed by atoms with Gasteiger partial charge in [0.2, 0.25) is 5.91 Å². The molecule has 25 heavy (non-hydrogen) atoms. The highest BCUT2D eigenvalue weighted by molar-refractivity contribution is 5.88. The number of rotatable bonds is 7. The molecule has 1 aliphatic heterocycles. The number of piperidine rings is 1. The molecule has 1 amide bonds. The third-order valence-electron chi connectivity index (χ3n) is 5.16. The second-order valence-corrected chi connectivity index (χ2v) is 6.84. The van der Waals surface area contributed by atoms with Gasteiger partial charge in [0.1, 0.15) is 5.58 Å². The van der Waals surface area contributed by atoms with Crippen molar-refractivity contribution >= 4 is 16.9 Å². The number of amides is 1. The minimum atomic E-state index is 0.0159. The largest absolute Gasteiger partial charge is 0.464 e. The number of fused-ring (bicyclic) bond motifs is 1. The van der Waals surface area contributed by atoms with Gasteiger partial charge in [-0.1, -0.05) is 19.4 Å². The van der Waals surface area contributed by atoms with Gasteiger partial charge in [0.05, 0.1) is 19.3 Å². The molecular formula is C20H28N2O3. The van der Waals surface area contributed by atoms with E-state index >= 15 is 0 Å². The van der Waals surface area contributed by atoms with Crippen molar-refractivity contribution in [2.24, 2.45) is 0 Å². The summed E-state index contributed by atoms with van der Waals surface area (Å²) in [5.74, 6) is 0.0159. The van der Waals surface area contributed by atoms with E-state index in [-0.39, 0.29) is 18.6 Å². The van der Waals surface area contributed by atoms with Crippen molar-refractivity contribution in [2.75, 3.05) is 26.2 Å². The van der Waals surface area contributed by atoms with E-state index in [0.29, 0.717) is 13.0 Å². The van der Waals surface area contributed by atoms with Crippen LogP contribution in [0.4, 0.5) is 0 Å². The maximum Gasteiger partial charge on any atom is 0.224 e. The summed E-state index contributed by atoms with van der Waals surface area (Å²) in [6.07, 6.45) is 6.39. The molecule has 1 saturated heterocycles. The van der Waals surface area contributed by atoms with E-state index in [0.717, 1.165) is 42.5 Å². The van der Waals surface area contributed by atoms with E-state index in [1.807, 2.05) is 6.07 Å². The molecule has 3 rings (SSSR count). The summed E-state index contributed by atoms with van der Waals surface area (Å²) in [5, 5.41) is 13.5. The van der Waals surface area contributed by atoms with Crippen LogP contribution in [0.5, 0.6) is 0 Å². The van der Waals surface area contributed by atoms with Gasteiger partial charge in [0.25, 0.3) is 0 Å². The smallest absolute Gasteiger partial charge is 0.224 e. The fourth-order valence-corrected chi connectivity index (χ4v) is 3.62. The molecule has 2 aromatic rings. The number of nitrogens with one attached hydrogen (secondary N) is 1. The van der Waals surface area contributed by atoms with E-state index < -0.39 is 0 Å². The second-order valence-electron chi connectivity index (χ2n) is 6.84. The highest BCUT2D eigenvalue weighted by Crippen LogP contribution is 2.23. The molecule has 0 spiro atoms. The number of hydrogen-bond donors (Lipinski definition) is 2. The zero-order valence-corrected chi connectivity index (χ0v) is 15.0. The number of carbonyl (C=O) groups is 1. The lowest BCUT2D eigenvalue weighted by Crippen LogP contribution is -2.45. The number of furan rings is 1. The molecule has 136 valence electrons. The molecule has 0 aliphatic carbocycles. The zero-order valence-electron chi connectivity index (χ0n) is 15.0. The van der Waals surface area contributed by atoms with Crippen LogP contribution in [-0.4, -0.2) is 48.2 Å². The maximum absolute atomic E-state index is 12.3. The van der Waals surface area contributed by atoms with Gasteiger partial charge in [-0.05, 0) is 43.5 Å². The fourth-order valence-electron chi connectivity index (χ4n) is 3.62. The molecule has 1 fully saturated rings. The zero-order chi connectivity index (χ0) is 17.6. The third kappa shape index (κ3) is 4.41. The lowest BCUT2D eigenvalue weighted by atomic mass is 10.0.